The molecule has 2 heterocycles. The molecule has 0 spiro atoms. The average molecular weight is 202 g/mol. The van der Waals surface area contributed by atoms with Gasteiger partial charge in [0.15, 0.2) is 0 Å². The van der Waals surface area contributed by atoms with Crippen molar-refractivity contribution < 1.29 is 0 Å². The molecule has 0 bridgehead atoms. The first-order valence-corrected chi connectivity index (χ1v) is 4.89. The van der Waals surface area contributed by atoms with E-state index < -0.39 is 0 Å². The number of aryl methyl sites for hydroxylation is 1. The predicted molar refractivity (Wildman–Crippen MR) is 58.3 cm³/mol. The van der Waals surface area contributed by atoms with E-state index in [1.807, 2.05) is 43.0 Å². The standard InChI is InChI=1S/C11H14N4/c1-12-11(9-5-3-4-7-13-9)10-6-8-14-15(10)2/h3-8,11-12H,1-2H3. The molecule has 0 aliphatic rings. The Labute approximate surface area is 89.0 Å². The Morgan fingerprint density at radius 3 is 2.67 bits per heavy atom. The Morgan fingerprint density at radius 2 is 2.13 bits per heavy atom. The summed E-state index contributed by atoms with van der Waals surface area (Å²) in [5.74, 6) is 0. The van der Waals surface area contributed by atoms with Gasteiger partial charge in [-0.25, -0.2) is 0 Å². The van der Waals surface area contributed by atoms with Crippen molar-refractivity contribution in [1.82, 2.24) is 20.1 Å². The van der Waals surface area contributed by atoms with Gasteiger partial charge in [0.2, 0.25) is 0 Å². The first-order chi connectivity index (χ1) is 7.33. The fourth-order valence-corrected chi connectivity index (χ4v) is 1.66. The van der Waals surface area contributed by atoms with Gasteiger partial charge in [0, 0.05) is 19.4 Å². The maximum absolute atomic E-state index is 4.34. The van der Waals surface area contributed by atoms with E-state index in [1.54, 1.807) is 12.4 Å². The van der Waals surface area contributed by atoms with E-state index >= 15 is 0 Å². The van der Waals surface area contributed by atoms with E-state index in [0.29, 0.717) is 0 Å². The Morgan fingerprint density at radius 1 is 1.27 bits per heavy atom. The highest BCUT2D eigenvalue weighted by Gasteiger charge is 2.15. The second kappa shape index (κ2) is 4.23. The third-order valence-electron chi connectivity index (χ3n) is 2.43. The van der Waals surface area contributed by atoms with Gasteiger partial charge in [-0.3, -0.25) is 9.67 Å². The molecule has 1 unspecified atom stereocenters. The van der Waals surface area contributed by atoms with Gasteiger partial charge in [0.05, 0.1) is 17.4 Å². The molecule has 2 rings (SSSR count). The van der Waals surface area contributed by atoms with Gasteiger partial charge in [-0.05, 0) is 25.2 Å². The number of rotatable bonds is 3. The van der Waals surface area contributed by atoms with E-state index in [-0.39, 0.29) is 6.04 Å². The van der Waals surface area contributed by atoms with Crippen LogP contribution < -0.4 is 5.32 Å². The molecular weight excluding hydrogens is 188 g/mol. The van der Waals surface area contributed by atoms with Crippen molar-refractivity contribution in [2.24, 2.45) is 7.05 Å². The summed E-state index contributed by atoms with van der Waals surface area (Å²) in [4.78, 5) is 4.34. The molecule has 4 nitrogen and oxygen atoms in total. The van der Waals surface area contributed by atoms with Crippen LogP contribution in [0.4, 0.5) is 0 Å². The first kappa shape index (κ1) is 9.86. The van der Waals surface area contributed by atoms with E-state index in [2.05, 4.69) is 15.4 Å². The molecular formula is C11H14N4. The van der Waals surface area contributed by atoms with E-state index in [0.717, 1.165) is 11.4 Å². The van der Waals surface area contributed by atoms with Crippen LogP contribution in [0.15, 0.2) is 36.7 Å². The molecule has 0 aliphatic heterocycles. The van der Waals surface area contributed by atoms with Crippen molar-refractivity contribution in [3.8, 4) is 0 Å². The highest BCUT2D eigenvalue weighted by molar-refractivity contribution is 5.21. The lowest BCUT2D eigenvalue weighted by Gasteiger charge is -2.15. The molecule has 0 saturated carbocycles. The summed E-state index contributed by atoms with van der Waals surface area (Å²) >= 11 is 0. The van der Waals surface area contributed by atoms with E-state index in [1.165, 1.54) is 0 Å². The van der Waals surface area contributed by atoms with Gasteiger partial charge in [0.25, 0.3) is 0 Å². The second-order valence-corrected chi connectivity index (χ2v) is 3.36. The Balaban J connectivity index is 2.37. The van der Waals surface area contributed by atoms with Crippen LogP contribution in [-0.4, -0.2) is 21.8 Å². The highest BCUT2D eigenvalue weighted by Crippen LogP contribution is 2.18. The molecule has 0 saturated heterocycles. The molecule has 2 aromatic heterocycles. The van der Waals surface area contributed by atoms with Crippen LogP contribution in [0.5, 0.6) is 0 Å². The lowest BCUT2D eigenvalue weighted by atomic mass is 10.1. The van der Waals surface area contributed by atoms with Gasteiger partial charge in [-0.2, -0.15) is 5.10 Å². The van der Waals surface area contributed by atoms with Crippen LogP contribution in [0.2, 0.25) is 0 Å². The minimum Gasteiger partial charge on any atom is -0.307 e. The zero-order chi connectivity index (χ0) is 10.7. The molecule has 0 aliphatic carbocycles. The van der Waals surface area contributed by atoms with Crippen molar-refractivity contribution in [3.63, 3.8) is 0 Å². The van der Waals surface area contributed by atoms with Crippen LogP contribution in [0.3, 0.4) is 0 Å². The molecule has 0 amide bonds. The fourth-order valence-electron chi connectivity index (χ4n) is 1.66. The SMILES string of the molecule is CNC(c1ccccn1)c1ccnn1C. The summed E-state index contributed by atoms with van der Waals surface area (Å²) in [6, 6.07) is 8.01. The minimum absolute atomic E-state index is 0.0960. The number of aromatic nitrogens is 3. The zero-order valence-corrected chi connectivity index (χ0v) is 8.88. The van der Waals surface area contributed by atoms with E-state index in [4.69, 9.17) is 0 Å². The molecule has 0 radical (unpaired) electrons. The average Bonchev–Trinajstić information content (AvgIpc) is 2.68. The zero-order valence-electron chi connectivity index (χ0n) is 8.88. The third-order valence-corrected chi connectivity index (χ3v) is 2.43. The Kier molecular flexibility index (Phi) is 2.78. The number of hydrogen-bond acceptors (Lipinski definition) is 3. The van der Waals surface area contributed by atoms with Crippen LogP contribution in [0.1, 0.15) is 17.4 Å². The second-order valence-electron chi connectivity index (χ2n) is 3.36. The largest absolute Gasteiger partial charge is 0.307 e. The summed E-state index contributed by atoms with van der Waals surface area (Å²) < 4.78 is 1.86. The minimum atomic E-state index is 0.0960. The molecule has 0 fully saturated rings. The lowest BCUT2D eigenvalue weighted by molar-refractivity contribution is 0.594. The van der Waals surface area contributed by atoms with Gasteiger partial charge in [-0.1, -0.05) is 6.07 Å². The van der Waals surface area contributed by atoms with Gasteiger partial charge >= 0.3 is 0 Å². The first-order valence-electron chi connectivity index (χ1n) is 4.89. The molecule has 78 valence electrons. The monoisotopic (exact) mass is 202 g/mol. The Hall–Kier alpha value is -1.68. The van der Waals surface area contributed by atoms with Gasteiger partial charge in [-0.15, -0.1) is 0 Å². The smallest absolute Gasteiger partial charge is 0.0919 e. The lowest BCUT2D eigenvalue weighted by Crippen LogP contribution is -2.21. The molecule has 1 N–H and O–H groups in total. The Bertz CT molecular complexity index is 421. The maximum Gasteiger partial charge on any atom is 0.0919 e. The van der Waals surface area contributed by atoms with Gasteiger partial charge < -0.3 is 5.32 Å². The number of pyridine rings is 1. The van der Waals surface area contributed by atoms with Crippen LogP contribution in [0, 0.1) is 0 Å². The maximum atomic E-state index is 4.34. The number of hydrogen-bond donors (Lipinski definition) is 1. The van der Waals surface area contributed by atoms with Crippen molar-refractivity contribution in [2.75, 3.05) is 7.05 Å². The third kappa shape index (κ3) is 1.89. The van der Waals surface area contributed by atoms with Crippen molar-refractivity contribution in [3.05, 3.63) is 48.0 Å². The summed E-state index contributed by atoms with van der Waals surface area (Å²) in [6.07, 6.45) is 3.60. The fraction of sp³-hybridized carbons (Fsp3) is 0.273. The normalized spacial score (nSPS) is 12.7. The number of nitrogens with zero attached hydrogens (tertiary/aromatic N) is 3. The molecule has 0 aromatic carbocycles. The topological polar surface area (TPSA) is 42.7 Å². The highest BCUT2D eigenvalue weighted by atomic mass is 15.3. The quantitative estimate of drug-likeness (QED) is 0.811. The summed E-state index contributed by atoms with van der Waals surface area (Å²) in [7, 11) is 3.86. The van der Waals surface area contributed by atoms with E-state index in [9.17, 15) is 0 Å². The molecule has 15 heavy (non-hydrogen) atoms. The summed E-state index contributed by atoms with van der Waals surface area (Å²) in [6.45, 7) is 0. The van der Waals surface area contributed by atoms with Crippen molar-refractivity contribution in [1.29, 1.82) is 0 Å². The molecule has 4 heteroatoms. The summed E-state index contributed by atoms with van der Waals surface area (Å²) in [5.41, 5.74) is 2.11. The molecule has 2 aromatic rings. The van der Waals surface area contributed by atoms with Crippen molar-refractivity contribution in [2.45, 2.75) is 6.04 Å². The van der Waals surface area contributed by atoms with Crippen LogP contribution in [-0.2, 0) is 7.05 Å². The number of nitrogens with one attached hydrogen (secondary N) is 1. The van der Waals surface area contributed by atoms with Gasteiger partial charge in [0.1, 0.15) is 0 Å². The van der Waals surface area contributed by atoms with Crippen molar-refractivity contribution >= 4 is 0 Å². The predicted octanol–water partition coefficient (Wildman–Crippen LogP) is 1.12. The summed E-state index contributed by atoms with van der Waals surface area (Å²) in [5, 5.41) is 7.40. The molecule has 1 atom stereocenters. The van der Waals surface area contributed by atoms with Crippen LogP contribution >= 0.6 is 0 Å². The van der Waals surface area contributed by atoms with Crippen LogP contribution in [0.25, 0.3) is 0 Å².